The van der Waals surface area contributed by atoms with Gasteiger partial charge in [-0.3, -0.25) is 0 Å². The van der Waals surface area contributed by atoms with Crippen molar-refractivity contribution in [2.75, 3.05) is 0 Å². The zero-order chi connectivity index (χ0) is 10.5. The van der Waals surface area contributed by atoms with Crippen LogP contribution >= 0.6 is 0 Å². The minimum absolute atomic E-state index is 0.107. The normalized spacial score (nSPS) is 26.5. The number of halogens is 2. The molecule has 13 heavy (non-hydrogen) atoms. The summed E-state index contributed by atoms with van der Waals surface area (Å²) in [5.41, 5.74) is 0. The van der Waals surface area contributed by atoms with E-state index in [4.69, 9.17) is 0 Å². The van der Waals surface area contributed by atoms with Gasteiger partial charge >= 0.3 is 0 Å². The molecule has 0 N–H and O–H groups in total. The summed E-state index contributed by atoms with van der Waals surface area (Å²) in [7, 11) is 0. The van der Waals surface area contributed by atoms with Crippen LogP contribution in [0.25, 0.3) is 0 Å². The van der Waals surface area contributed by atoms with Crippen molar-refractivity contribution in [3.05, 3.63) is 0 Å². The number of rotatable bonds is 1. The van der Waals surface area contributed by atoms with E-state index < -0.39 is 5.92 Å². The van der Waals surface area contributed by atoms with Crippen LogP contribution in [0, 0.1) is 11.8 Å². The molecule has 0 heterocycles. The van der Waals surface area contributed by atoms with Gasteiger partial charge in [-0.1, -0.05) is 34.1 Å². The van der Waals surface area contributed by atoms with Gasteiger partial charge in [0.1, 0.15) is 0 Å². The van der Waals surface area contributed by atoms with Gasteiger partial charge in [-0.2, -0.15) is 0 Å². The van der Waals surface area contributed by atoms with Crippen molar-refractivity contribution in [2.24, 2.45) is 11.8 Å². The first kappa shape index (κ1) is 12.9. The highest BCUT2D eigenvalue weighted by molar-refractivity contribution is 4.83. The standard InChI is InChI=1S/C9H16F2.C2H6/c1-7(2)8-5-3-4-6-9(8,10)11;1-2/h7-8H,3-6H2,1-2H3;1-2H3. The van der Waals surface area contributed by atoms with Gasteiger partial charge < -0.3 is 0 Å². The SMILES string of the molecule is CC.CC(C)C1CCCCC1(F)F. The maximum atomic E-state index is 13.1. The summed E-state index contributed by atoms with van der Waals surface area (Å²) in [6.07, 6.45) is 2.51. The van der Waals surface area contributed by atoms with E-state index >= 15 is 0 Å². The molecule has 0 aliphatic heterocycles. The molecule has 80 valence electrons. The predicted molar refractivity (Wildman–Crippen MR) is 53.1 cm³/mol. The van der Waals surface area contributed by atoms with Crippen molar-refractivity contribution >= 4 is 0 Å². The third-order valence-electron chi connectivity index (χ3n) is 2.62. The van der Waals surface area contributed by atoms with E-state index in [1.54, 1.807) is 0 Å². The fourth-order valence-corrected chi connectivity index (χ4v) is 1.94. The Kier molecular flexibility index (Phi) is 5.50. The third-order valence-corrected chi connectivity index (χ3v) is 2.62. The number of hydrogen-bond acceptors (Lipinski definition) is 0. The molecule has 1 aliphatic carbocycles. The molecule has 0 saturated heterocycles. The minimum atomic E-state index is -2.38. The molecule has 1 atom stereocenters. The van der Waals surface area contributed by atoms with E-state index in [1.807, 2.05) is 27.7 Å². The van der Waals surface area contributed by atoms with Crippen LogP contribution in [0.5, 0.6) is 0 Å². The molecular formula is C11H22F2. The number of alkyl halides is 2. The first-order chi connectivity index (χ1) is 6.04. The van der Waals surface area contributed by atoms with Crippen LogP contribution < -0.4 is 0 Å². The molecule has 0 aromatic carbocycles. The van der Waals surface area contributed by atoms with E-state index in [9.17, 15) is 8.78 Å². The zero-order valence-electron chi connectivity index (χ0n) is 9.24. The largest absolute Gasteiger partial charge is 0.251 e. The molecule has 0 spiro atoms. The average Bonchev–Trinajstić information content (AvgIpc) is 2.06. The van der Waals surface area contributed by atoms with E-state index in [-0.39, 0.29) is 18.3 Å². The lowest BCUT2D eigenvalue weighted by molar-refractivity contribution is -0.101. The van der Waals surface area contributed by atoms with E-state index in [0.717, 1.165) is 6.42 Å². The summed E-state index contributed by atoms with van der Waals surface area (Å²) in [6, 6.07) is 0. The van der Waals surface area contributed by atoms with Crippen LogP contribution in [0.3, 0.4) is 0 Å². The smallest absolute Gasteiger partial charge is 0.207 e. The lowest BCUT2D eigenvalue weighted by Gasteiger charge is -2.33. The topological polar surface area (TPSA) is 0 Å². The maximum absolute atomic E-state index is 13.1. The minimum Gasteiger partial charge on any atom is -0.207 e. The highest BCUT2D eigenvalue weighted by atomic mass is 19.3. The Morgan fingerprint density at radius 3 is 2.00 bits per heavy atom. The average molecular weight is 192 g/mol. The van der Waals surface area contributed by atoms with Gasteiger partial charge in [0.25, 0.3) is 5.92 Å². The zero-order valence-corrected chi connectivity index (χ0v) is 9.24. The Morgan fingerprint density at radius 1 is 1.15 bits per heavy atom. The second kappa shape index (κ2) is 5.56. The summed E-state index contributed by atoms with van der Waals surface area (Å²) >= 11 is 0. The van der Waals surface area contributed by atoms with Crippen molar-refractivity contribution in [1.29, 1.82) is 0 Å². The summed E-state index contributed by atoms with van der Waals surface area (Å²) in [5, 5.41) is 0. The summed E-state index contributed by atoms with van der Waals surface area (Å²) in [4.78, 5) is 0. The first-order valence-corrected chi connectivity index (χ1v) is 5.42. The molecule has 2 heteroatoms. The lowest BCUT2D eigenvalue weighted by Crippen LogP contribution is -2.35. The third kappa shape index (κ3) is 3.61. The molecule has 0 nitrogen and oxygen atoms in total. The van der Waals surface area contributed by atoms with Crippen LogP contribution in [-0.4, -0.2) is 5.92 Å². The molecular weight excluding hydrogens is 170 g/mol. The van der Waals surface area contributed by atoms with Crippen LogP contribution in [0.2, 0.25) is 0 Å². The highest BCUT2D eigenvalue weighted by Crippen LogP contribution is 2.42. The second-order valence-corrected chi connectivity index (χ2v) is 3.86. The molecule has 1 aliphatic rings. The Balaban J connectivity index is 0.000000671. The van der Waals surface area contributed by atoms with Crippen LogP contribution in [-0.2, 0) is 0 Å². The molecule has 0 bridgehead atoms. The van der Waals surface area contributed by atoms with E-state index in [0.29, 0.717) is 12.8 Å². The van der Waals surface area contributed by atoms with Gasteiger partial charge in [0.15, 0.2) is 0 Å². The van der Waals surface area contributed by atoms with Gasteiger partial charge in [0.2, 0.25) is 0 Å². The molecule has 1 rings (SSSR count). The van der Waals surface area contributed by atoms with Crippen LogP contribution in [0.1, 0.15) is 53.4 Å². The second-order valence-electron chi connectivity index (χ2n) is 3.86. The van der Waals surface area contributed by atoms with Crippen molar-refractivity contribution in [2.45, 2.75) is 59.3 Å². The molecule has 0 radical (unpaired) electrons. The van der Waals surface area contributed by atoms with Crippen molar-refractivity contribution in [1.82, 2.24) is 0 Å². The van der Waals surface area contributed by atoms with Crippen molar-refractivity contribution in [3.63, 3.8) is 0 Å². The Bertz CT molecular complexity index is 130. The Morgan fingerprint density at radius 2 is 1.69 bits per heavy atom. The molecule has 1 fully saturated rings. The van der Waals surface area contributed by atoms with Crippen molar-refractivity contribution in [3.8, 4) is 0 Å². The van der Waals surface area contributed by atoms with Crippen LogP contribution in [0.15, 0.2) is 0 Å². The summed E-state index contributed by atoms with van der Waals surface area (Å²) in [5.74, 6) is -2.62. The van der Waals surface area contributed by atoms with E-state index in [2.05, 4.69) is 0 Å². The van der Waals surface area contributed by atoms with Gasteiger partial charge in [-0.25, -0.2) is 8.78 Å². The van der Waals surface area contributed by atoms with Crippen molar-refractivity contribution < 1.29 is 8.78 Å². The fraction of sp³-hybridized carbons (Fsp3) is 1.00. The van der Waals surface area contributed by atoms with Crippen LogP contribution in [0.4, 0.5) is 8.78 Å². The van der Waals surface area contributed by atoms with Gasteiger partial charge in [-0.05, 0) is 18.8 Å². The molecule has 0 aromatic heterocycles. The summed E-state index contributed by atoms with van der Waals surface area (Å²) < 4.78 is 26.2. The van der Waals surface area contributed by atoms with Gasteiger partial charge in [-0.15, -0.1) is 0 Å². The lowest BCUT2D eigenvalue weighted by atomic mass is 9.79. The Labute approximate surface area is 80.7 Å². The van der Waals surface area contributed by atoms with E-state index in [1.165, 1.54) is 0 Å². The quantitative estimate of drug-likeness (QED) is 0.574. The Hall–Kier alpha value is -0.140. The number of hydrogen-bond donors (Lipinski definition) is 0. The summed E-state index contributed by atoms with van der Waals surface area (Å²) in [6.45, 7) is 7.79. The molecule has 1 unspecified atom stereocenters. The maximum Gasteiger partial charge on any atom is 0.251 e. The molecule has 0 amide bonds. The predicted octanol–water partition coefficient (Wildman–Crippen LogP) is 4.49. The highest BCUT2D eigenvalue weighted by Gasteiger charge is 2.42. The molecule has 0 aromatic rings. The molecule has 1 saturated carbocycles. The monoisotopic (exact) mass is 192 g/mol. The van der Waals surface area contributed by atoms with Gasteiger partial charge in [0.05, 0.1) is 0 Å². The first-order valence-electron chi connectivity index (χ1n) is 5.42. The fourth-order valence-electron chi connectivity index (χ4n) is 1.94. The van der Waals surface area contributed by atoms with Gasteiger partial charge in [0, 0.05) is 12.3 Å².